The summed E-state index contributed by atoms with van der Waals surface area (Å²) in [6.45, 7) is 5.82. The van der Waals surface area contributed by atoms with E-state index in [1.807, 2.05) is 38.1 Å². The Morgan fingerprint density at radius 3 is 2.85 bits per heavy atom. The van der Waals surface area contributed by atoms with Gasteiger partial charge in [-0.05, 0) is 55.5 Å². The van der Waals surface area contributed by atoms with Crippen molar-refractivity contribution in [3.63, 3.8) is 0 Å². The van der Waals surface area contributed by atoms with Gasteiger partial charge in [-0.3, -0.25) is 4.79 Å². The SMILES string of the molecule is Cc1ccc(-c2nnc(S[C@H](C)C(=O)Nc3sccc3C#N)o2)cc1C. The van der Waals surface area contributed by atoms with Gasteiger partial charge in [0.15, 0.2) is 0 Å². The molecule has 0 aliphatic rings. The van der Waals surface area contributed by atoms with Crippen LogP contribution < -0.4 is 5.32 Å². The maximum Gasteiger partial charge on any atom is 0.277 e. The minimum Gasteiger partial charge on any atom is -0.411 e. The third-order valence-electron chi connectivity index (χ3n) is 3.83. The zero-order valence-electron chi connectivity index (χ0n) is 14.4. The summed E-state index contributed by atoms with van der Waals surface area (Å²) in [6, 6.07) is 9.65. The van der Waals surface area contributed by atoms with Crippen LogP contribution in [0.15, 0.2) is 39.3 Å². The van der Waals surface area contributed by atoms with E-state index in [-0.39, 0.29) is 5.91 Å². The maximum absolute atomic E-state index is 12.3. The van der Waals surface area contributed by atoms with Crippen molar-refractivity contribution in [2.75, 3.05) is 5.32 Å². The van der Waals surface area contributed by atoms with Crippen LogP contribution in [0.1, 0.15) is 23.6 Å². The lowest BCUT2D eigenvalue weighted by Gasteiger charge is -2.08. The number of nitrogens with zero attached hydrogens (tertiary/aromatic N) is 3. The Labute approximate surface area is 159 Å². The number of rotatable bonds is 5. The van der Waals surface area contributed by atoms with Crippen molar-refractivity contribution in [2.45, 2.75) is 31.2 Å². The number of thioether (sulfide) groups is 1. The summed E-state index contributed by atoms with van der Waals surface area (Å²) in [5.74, 6) is 0.202. The van der Waals surface area contributed by atoms with Crippen LogP contribution in [0, 0.1) is 25.2 Å². The van der Waals surface area contributed by atoms with Gasteiger partial charge in [0, 0.05) is 5.56 Å². The van der Waals surface area contributed by atoms with Crippen LogP contribution in [0.25, 0.3) is 11.5 Å². The molecule has 2 heterocycles. The van der Waals surface area contributed by atoms with Crippen LogP contribution in [-0.2, 0) is 4.79 Å². The molecule has 1 atom stereocenters. The fourth-order valence-electron chi connectivity index (χ4n) is 2.16. The van der Waals surface area contributed by atoms with E-state index in [4.69, 9.17) is 9.68 Å². The van der Waals surface area contributed by atoms with Crippen molar-refractivity contribution in [2.24, 2.45) is 0 Å². The lowest BCUT2D eigenvalue weighted by atomic mass is 10.1. The van der Waals surface area contributed by atoms with Crippen molar-refractivity contribution >= 4 is 34.0 Å². The van der Waals surface area contributed by atoms with Gasteiger partial charge in [-0.1, -0.05) is 17.8 Å². The van der Waals surface area contributed by atoms with Gasteiger partial charge in [0.2, 0.25) is 11.8 Å². The average molecular weight is 384 g/mol. The molecule has 0 bridgehead atoms. The molecule has 1 aromatic carbocycles. The second-order valence-corrected chi connectivity index (χ2v) is 7.90. The summed E-state index contributed by atoms with van der Waals surface area (Å²) >= 11 is 2.49. The number of thiophene rings is 1. The Morgan fingerprint density at radius 1 is 1.31 bits per heavy atom. The van der Waals surface area contributed by atoms with Gasteiger partial charge in [-0.15, -0.1) is 21.5 Å². The Hall–Kier alpha value is -2.63. The van der Waals surface area contributed by atoms with Crippen LogP contribution in [0.5, 0.6) is 0 Å². The van der Waals surface area contributed by atoms with Crippen molar-refractivity contribution in [3.8, 4) is 17.5 Å². The summed E-state index contributed by atoms with van der Waals surface area (Å²) in [5, 5.41) is 22.0. The van der Waals surface area contributed by atoms with Gasteiger partial charge < -0.3 is 9.73 Å². The molecule has 3 rings (SSSR count). The molecule has 0 saturated carbocycles. The second kappa shape index (κ2) is 7.72. The van der Waals surface area contributed by atoms with E-state index < -0.39 is 5.25 Å². The first kappa shape index (κ1) is 18.2. The van der Waals surface area contributed by atoms with E-state index in [0.29, 0.717) is 21.7 Å². The second-order valence-electron chi connectivity index (χ2n) is 5.70. The number of amides is 1. The quantitative estimate of drug-likeness (QED) is 0.655. The number of nitriles is 1. The molecule has 2 aromatic heterocycles. The first-order chi connectivity index (χ1) is 12.5. The van der Waals surface area contributed by atoms with Gasteiger partial charge in [0.1, 0.15) is 11.1 Å². The third kappa shape index (κ3) is 3.95. The standard InChI is InChI=1S/C18H16N4O2S2/c1-10-4-5-13(8-11(10)2)16-21-22-18(24-16)26-12(3)15(23)20-17-14(9-19)6-7-25-17/h4-8,12H,1-3H3,(H,20,23)/t12-/m1/s1. The molecule has 1 N–H and O–H groups in total. The smallest absolute Gasteiger partial charge is 0.277 e. The number of nitrogens with one attached hydrogen (secondary N) is 1. The van der Waals surface area contributed by atoms with E-state index in [1.165, 1.54) is 28.7 Å². The summed E-state index contributed by atoms with van der Waals surface area (Å²) in [4.78, 5) is 12.3. The molecule has 1 amide bonds. The zero-order chi connectivity index (χ0) is 18.7. The lowest BCUT2D eigenvalue weighted by molar-refractivity contribution is -0.115. The Bertz CT molecular complexity index is 987. The predicted octanol–water partition coefficient (Wildman–Crippen LogP) is 4.41. The van der Waals surface area contributed by atoms with Crippen molar-refractivity contribution in [3.05, 3.63) is 46.3 Å². The van der Waals surface area contributed by atoms with Gasteiger partial charge >= 0.3 is 0 Å². The van der Waals surface area contributed by atoms with Crippen LogP contribution in [0.3, 0.4) is 0 Å². The third-order valence-corrected chi connectivity index (χ3v) is 5.59. The van der Waals surface area contributed by atoms with Crippen molar-refractivity contribution in [1.29, 1.82) is 5.26 Å². The molecule has 26 heavy (non-hydrogen) atoms. The molecular weight excluding hydrogens is 368 g/mol. The lowest BCUT2D eigenvalue weighted by Crippen LogP contribution is -2.22. The Kier molecular flexibility index (Phi) is 5.40. The molecule has 0 saturated heterocycles. The van der Waals surface area contributed by atoms with E-state index in [2.05, 4.69) is 15.5 Å². The van der Waals surface area contributed by atoms with Crippen LogP contribution >= 0.6 is 23.1 Å². The molecule has 3 aromatic rings. The number of hydrogen-bond acceptors (Lipinski definition) is 7. The van der Waals surface area contributed by atoms with Gasteiger partial charge in [0.05, 0.1) is 10.8 Å². The molecule has 0 spiro atoms. The highest BCUT2D eigenvalue weighted by atomic mass is 32.2. The molecule has 0 aliphatic carbocycles. The molecule has 8 heteroatoms. The van der Waals surface area contributed by atoms with Gasteiger partial charge in [-0.2, -0.15) is 5.26 Å². The number of hydrogen-bond donors (Lipinski definition) is 1. The fraction of sp³-hybridized carbons (Fsp3) is 0.222. The largest absolute Gasteiger partial charge is 0.411 e. The summed E-state index contributed by atoms with van der Waals surface area (Å²) in [7, 11) is 0. The van der Waals surface area contributed by atoms with E-state index in [1.54, 1.807) is 18.4 Å². The Balaban J connectivity index is 1.67. The Morgan fingerprint density at radius 2 is 2.12 bits per heavy atom. The number of anilines is 1. The molecule has 0 unspecified atom stereocenters. The van der Waals surface area contributed by atoms with E-state index in [0.717, 1.165) is 11.1 Å². The number of carbonyl (C=O) groups excluding carboxylic acids is 1. The first-order valence-electron chi connectivity index (χ1n) is 7.84. The molecular formula is C18H16N4O2S2. The molecule has 0 aliphatic heterocycles. The monoisotopic (exact) mass is 384 g/mol. The average Bonchev–Trinajstić information content (AvgIpc) is 3.26. The first-order valence-corrected chi connectivity index (χ1v) is 9.60. The molecule has 6 nitrogen and oxygen atoms in total. The highest BCUT2D eigenvalue weighted by molar-refractivity contribution is 8.00. The zero-order valence-corrected chi connectivity index (χ0v) is 16.1. The molecule has 132 valence electrons. The number of aryl methyl sites for hydroxylation is 2. The normalized spacial score (nSPS) is 11.8. The summed E-state index contributed by atoms with van der Waals surface area (Å²) in [5.41, 5.74) is 3.64. The summed E-state index contributed by atoms with van der Waals surface area (Å²) in [6.07, 6.45) is 0. The van der Waals surface area contributed by atoms with Crippen molar-refractivity contribution in [1.82, 2.24) is 10.2 Å². The highest BCUT2D eigenvalue weighted by Gasteiger charge is 2.20. The van der Waals surface area contributed by atoms with E-state index >= 15 is 0 Å². The van der Waals surface area contributed by atoms with Crippen molar-refractivity contribution < 1.29 is 9.21 Å². The highest BCUT2D eigenvalue weighted by Crippen LogP contribution is 2.29. The van der Waals surface area contributed by atoms with Crippen LogP contribution in [0.4, 0.5) is 5.00 Å². The van der Waals surface area contributed by atoms with Crippen LogP contribution in [-0.4, -0.2) is 21.4 Å². The molecule has 0 fully saturated rings. The molecule has 0 radical (unpaired) electrons. The number of benzene rings is 1. The minimum absolute atomic E-state index is 0.222. The number of aromatic nitrogens is 2. The van der Waals surface area contributed by atoms with Crippen LogP contribution in [0.2, 0.25) is 0 Å². The van der Waals surface area contributed by atoms with Gasteiger partial charge in [0.25, 0.3) is 5.22 Å². The number of carbonyl (C=O) groups is 1. The fourth-order valence-corrected chi connectivity index (χ4v) is 3.58. The minimum atomic E-state index is -0.448. The maximum atomic E-state index is 12.3. The summed E-state index contributed by atoms with van der Waals surface area (Å²) < 4.78 is 5.68. The topological polar surface area (TPSA) is 91.8 Å². The predicted molar refractivity (Wildman–Crippen MR) is 102 cm³/mol. The van der Waals surface area contributed by atoms with E-state index in [9.17, 15) is 4.79 Å². The van der Waals surface area contributed by atoms with Gasteiger partial charge in [-0.25, -0.2) is 0 Å².